The fourth-order valence-electron chi connectivity index (χ4n) is 4.64. The van der Waals surface area contributed by atoms with Crippen molar-refractivity contribution in [1.82, 2.24) is 20.7 Å². The van der Waals surface area contributed by atoms with Crippen LogP contribution in [0.1, 0.15) is 25.7 Å². The van der Waals surface area contributed by atoms with Crippen LogP contribution >= 0.6 is 11.3 Å². The van der Waals surface area contributed by atoms with Crippen LogP contribution in [-0.4, -0.2) is 46.6 Å². The molecule has 3 fully saturated rings. The highest BCUT2D eigenvalue weighted by Crippen LogP contribution is 2.36. The molecule has 5 rings (SSSR count). The zero-order valence-corrected chi connectivity index (χ0v) is 16.0. The molecule has 28 heavy (non-hydrogen) atoms. The molecule has 2 amide bonds. The Bertz CT molecular complexity index is 888. The van der Waals surface area contributed by atoms with E-state index in [1.54, 1.807) is 4.90 Å². The fourth-order valence-corrected chi connectivity index (χ4v) is 5.51. The van der Waals surface area contributed by atoms with Gasteiger partial charge in [0.1, 0.15) is 12.3 Å². The molecule has 0 radical (unpaired) electrons. The molecule has 1 aromatic heterocycles. The summed E-state index contributed by atoms with van der Waals surface area (Å²) in [4.78, 5) is 31.4. The Labute approximate surface area is 165 Å². The number of para-hydroxylation sites is 1. The van der Waals surface area contributed by atoms with Gasteiger partial charge in [0.2, 0.25) is 11.8 Å². The molecule has 2 aliphatic heterocycles. The van der Waals surface area contributed by atoms with Crippen molar-refractivity contribution in [3.63, 3.8) is 0 Å². The molecule has 1 aromatic carbocycles. The lowest BCUT2D eigenvalue weighted by Crippen LogP contribution is -2.50. The van der Waals surface area contributed by atoms with Crippen LogP contribution in [0.4, 0.5) is 9.52 Å². The minimum Gasteiger partial charge on any atom is -0.325 e. The summed E-state index contributed by atoms with van der Waals surface area (Å²) in [6.45, 7) is 0.296. The van der Waals surface area contributed by atoms with E-state index in [9.17, 15) is 14.0 Å². The summed E-state index contributed by atoms with van der Waals surface area (Å²) in [6.07, 6.45) is 1.10. The normalized spacial score (nSPS) is 32.7. The number of halogens is 1. The number of rotatable bonds is 3. The van der Waals surface area contributed by atoms with Gasteiger partial charge in [-0.1, -0.05) is 23.5 Å². The highest BCUT2D eigenvalue weighted by atomic mass is 32.1. The number of alkyl halides is 1. The van der Waals surface area contributed by atoms with E-state index in [0.717, 1.165) is 23.1 Å². The number of hydrogen-bond acceptors (Lipinski definition) is 6. The first-order chi connectivity index (χ1) is 13.6. The van der Waals surface area contributed by atoms with Gasteiger partial charge in [-0.25, -0.2) is 14.8 Å². The van der Waals surface area contributed by atoms with Crippen molar-refractivity contribution < 1.29 is 14.0 Å². The van der Waals surface area contributed by atoms with Crippen LogP contribution in [-0.2, 0) is 9.59 Å². The van der Waals surface area contributed by atoms with Gasteiger partial charge in [0.15, 0.2) is 5.13 Å². The van der Waals surface area contributed by atoms with Gasteiger partial charge in [-0.15, -0.1) is 0 Å². The third-order valence-corrected chi connectivity index (χ3v) is 7.00. The summed E-state index contributed by atoms with van der Waals surface area (Å²) < 4.78 is 15.5. The molecular formula is C19H22FN5O2S. The third kappa shape index (κ3) is 3.07. The first-order valence-corrected chi connectivity index (χ1v) is 10.5. The van der Waals surface area contributed by atoms with Gasteiger partial charge in [-0.2, -0.15) is 0 Å². The second-order valence-corrected chi connectivity index (χ2v) is 8.82. The van der Waals surface area contributed by atoms with Crippen molar-refractivity contribution >= 4 is 38.5 Å². The van der Waals surface area contributed by atoms with E-state index in [2.05, 4.69) is 21.2 Å². The molecule has 1 saturated carbocycles. The van der Waals surface area contributed by atoms with E-state index in [0.29, 0.717) is 18.1 Å². The summed E-state index contributed by atoms with van der Waals surface area (Å²) >= 11 is 1.41. The van der Waals surface area contributed by atoms with Crippen molar-refractivity contribution in [3.8, 4) is 0 Å². The van der Waals surface area contributed by atoms with Crippen LogP contribution in [0.3, 0.4) is 0 Å². The molecule has 3 heterocycles. The Hall–Kier alpha value is -2.10. The molecule has 0 bridgehead atoms. The zero-order chi connectivity index (χ0) is 19.3. The van der Waals surface area contributed by atoms with E-state index in [1.807, 2.05) is 24.3 Å². The first-order valence-electron chi connectivity index (χ1n) is 9.71. The average Bonchev–Trinajstić information content (AvgIpc) is 3.37. The second-order valence-electron chi connectivity index (χ2n) is 7.79. The van der Waals surface area contributed by atoms with Crippen LogP contribution in [0, 0.1) is 11.8 Å². The van der Waals surface area contributed by atoms with Crippen molar-refractivity contribution in [1.29, 1.82) is 0 Å². The van der Waals surface area contributed by atoms with Crippen molar-refractivity contribution in [2.24, 2.45) is 11.8 Å². The van der Waals surface area contributed by atoms with E-state index in [1.165, 1.54) is 11.3 Å². The maximum atomic E-state index is 14.5. The molecule has 9 heteroatoms. The van der Waals surface area contributed by atoms with E-state index in [4.69, 9.17) is 0 Å². The summed E-state index contributed by atoms with van der Waals surface area (Å²) in [5.74, 6) is -1.04. The number of aromatic nitrogens is 1. The second kappa shape index (κ2) is 7.06. The number of nitrogens with zero attached hydrogens (tertiary/aromatic N) is 2. The zero-order valence-electron chi connectivity index (χ0n) is 15.2. The lowest BCUT2D eigenvalue weighted by atomic mass is 9.82. The Kier molecular flexibility index (Phi) is 4.53. The predicted octanol–water partition coefficient (Wildman–Crippen LogP) is 2.02. The predicted molar refractivity (Wildman–Crippen MR) is 104 cm³/mol. The largest absolute Gasteiger partial charge is 0.325 e. The lowest BCUT2D eigenvalue weighted by Gasteiger charge is -2.34. The number of hydrazine groups is 1. The topological polar surface area (TPSA) is 86.4 Å². The van der Waals surface area contributed by atoms with E-state index >= 15 is 0 Å². The Morgan fingerprint density at radius 1 is 1.29 bits per heavy atom. The molecule has 5 atom stereocenters. The average molecular weight is 403 g/mol. The summed E-state index contributed by atoms with van der Waals surface area (Å²) in [6, 6.07) is 7.72. The van der Waals surface area contributed by atoms with Crippen LogP contribution in [0.5, 0.6) is 0 Å². The Morgan fingerprint density at radius 2 is 2.14 bits per heavy atom. The maximum absolute atomic E-state index is 14.5. The van der Waals surface area contributed by atoms with Gasteiger partial charge in [-0.3, -0.25) is 15.0 Å². The number of carbonyl (C=O) groups excluding carboxylic acids is 2. The first kappa shape index (κ1) is 18.0. The Balaban J connectivity index is 1.27. The molecule has 1 aliphatic carbocycles. The van der Waals surface area contributed by atoms with Gasteiger partial charge in [0, 0.05) is 24.9 Å². The molecule has 3 N–H and O–H groups in total. The number of thiazole rings is 1. The van der Waals surface area contributed by atoms with Crippen LogP contribution in [0.15, 0.2) is 24.3 Å². The van der Waals surface area contributed by atoms with Crippen LogP contribution in [0.25, 0.3) is 10.2 Å². The molecule has 3 aliphatic rings. The van der Waals surface area contributed by atoms with Gasteiger partial charge in [-0.05, 0) is 31.4 Å². The van der Waals surface area contributed by atoms with Crippen molar-refractivity contribution in [2.45, 2.75) is 44.1 Å². The van der Waals surface area contributed by atoms with E-state index in [-0.39, 0.29) is 30.2 Å². The number of fused-ring (bicyclic) bond motifs is 2. The maximum Gasteiger partial charge on any atom is 0.231 e. The van der Waals surface area contributed by atoms with Crippen LogP contribution in [0.2, 0.25) is 0 Å². The Morgan fingerprint density at radius 3 is 3.00 bits per heavy atom. The van der Waals surface area contributed by atoms with Gasteiger partial charge in [0.05, 0.1) is 16.1 Å². The number of amides is 2. The highest BCUT2D eigenvalue weighted by molar-refractivity contribution is 7.22. The van der Waals surface area contributed by atoms with Crippen molar-refractivity contribution in [2.75, 3.05) is 11.9 Å². The summed E-state index contributed by atoms with van der Waals surface area (Å²) in [5.41, 5.74) is 7.08. The van der Waals surface area contributed by atoms with Crippen LogP contribution < -0.4 is 16.2 Å². The van der Waals surface area contributed by atoms with E-state index < -0.39 is 18.3 Å². The van der Waals surface area contributed by atoms with Crippen molar-refractivity contribution in [3.05, 3.63) is 24.3 Å². The molecule has 2 aromatic rings. The lowest BCUT2D eigenvalue weighted by molar-refractivity contribution is -0.131. The molecule has 7 nitrogen and oxygen atoms in total. The number of nitrogens with one attached hydrogen (secondary N) is 3. The number of likely N-dealkylation sites (tertiary alicyclic amines) is 1. The molecule has 0 spiro atoms. The molecular weight excluding hydrogens is 381 g/mol. The minimum absolute atomic E-state index is 0.0391. The minimum atomic E-state index is -0.935. The number of carbonyl (C=O) groups is 2. The molecule has 148 valence electrons. The number of anilines is 1. The summed E-state index contributed by atoms with van der Waals surface area (Å²) in [7, 11) is 0. The number of hydrogen-bond donors (Lipinski definition) is 3. The third-order valence-electron chi connectivity index (χ3n) is 6.05. The molecule has 2 saturated heterocycles. The highest BCUT2D eigenvalue weighted by Gasteiger charge is 2.49. The summed E-state index contributed by atoms with van der Waals surface area (Å²) in [5, 5.41) is 3.39. The quantitative estimate of drug-likeness (QED) is 0.730. The standard InChI is InChI=1S/C19H22FN5O2S/c20-11-4-3-6-13-16(11)17(24-23-13)25-9-10(8-15(25)26)18(27)22-19-21-12-5-1-2-7-14(12)28-19/h1-2,5,7,10-11,13,16-17,23-24H,3-4,6,8-9H2,(H,21,22,27). The fraction of sp³-hybridized carbons (Fsp3) is 0.526. The SMILES string of the molecule is O=C(Nc1nc2ccccc2s1)C1CC(=O)N(C2NNC3CCCC(F)C32)C1. The van der Waals surface area contributed by atoms with Gasteiger partial charge >= 0.3 is 0 Å². The monoisotopic (exact) mass is 403 g/mol. The molecule has 5 unspecified atom stereocenters. The van der Waals surface area contributed by atoms with Gasteiger partial charge < -0.3 is 10.2 Å². The smallest absolute Gasteiger partial charge is 0.231 e. The number of benzene rings is 1. The van der Waals surface area contributed by atoms with Gasteiger partial charge in [0.25, 0.3) is 0 Å².